The Balaban J connectivity index is 2.03. The van der Waals surface area contributed by atoms with E-state index in [9.17, 15) is 8.63 Å². The van der Waals surface area contributed by atoms with Crippen LogP contribution in [0.2, 0.25) is 0 Å². The van der Waals surface area contributed by atoms with Gasteiger partial charge in [-0.2, -0.15) is 0 Å². The average Bonchev–Trinajstić information content (AvgIpc) is 2.60. The Bertz CT molecular complexity index is 1020. The molecule has 3 nitrogen and oxygen atoms in total. The number of benzene rings is 3. The van der Waals surface area contributed by atoms with Crippen molar-refractivity contribution in [2.45, 2.75) is 6.92 Å². The van der Waals surface area contributed by atoms with Gasteiger partial charge in [-0.1, -0.05) is 36.4 Å². The fraction of sp³-hybridized carbons (Fsp3) is 0.105. The zero-order valence-corrected chi connectivity index (χ0v) is 13.9. The third-order valence-corrected chi connectivity index (χ3v) is 4.51. The quantitative estimate of drug-likeness (QED) is 0.628. The molecule has 1 heterocycles. The van der Waals surface area contributed by atoms with Crippen LogP contribution in [0.3, 0.4) is 0 Å². The van der Waals surface area contributed by atoms with Gasteiger partial charge >= 0.3 is 7.04 Å². The first kappa shape index (κ1) is 15.6. The Morgan fingerprint density at radius 2 is 1.80 bits per heavy atom. The molecule has 25 heavy (non-hydrogen) atoms. The summed E-state index contributed by atoms with van der Waals surface area (Å²) in [5.74, 6) is 0.723. The molecule has 0 fully saturated rings. The van der Waals surface area contributed by atoms with E-state index in [0.29, 0.717) is 22.7 Å². The fourth-order valence-electron chi connectivity index (χ4n) is 3.40. The average molecular weight is 339 g/mol. The van der Waals surface area contributed by atoms with Gasteiger partial charge in [-0.05, 0) is 22.9 Å². The monoisotopic (exact) mass is 339 g/mol. The van der Waals surface area contributed by atoms with Crippen LogP contribution in [-0.2, 0) is 0 Å². The summed E-state index contributed by atoms with van der Waals surface area (Å²) in [6.07, 6.45) is 0. The zero-order chi connectivity index (χ0) is 17.6. The summed E-state index contributed by atoms with van der Waals surface area (Å²) in [6, 6.07) is 17.7. The lowest BCUT2D eigenvalue weighted by atomic mass is 9.91. The smallest absolute Gasteiger partial charge is 0.599 e. The minimum atomic E-state index is -4.24. The van der Waals surface area contributed by atoms with Crippen LogP contribution in [0.25, 0.3) is 10.8 Å². The standard InChI is InChI=1S/C19H16BF2NO2/c1-13-19-17-9-4-3-6-14(17)10-11-18(19)25-20(21,22)23(13)15-7-5-8-16(12-15)24-2/h3-12H,1-2H3. The molecule has 3 aromatic carbocycles. The highest BCUT2D eigenvalue weighted by atomic mass is 19.3. The Hall–Kier alpha value is -2.89. The van der Waals surface area contributed by atoms with Crippen LogP contribution in [0, 0.1) is 0 Å². The lowest BCUT2D eigenvalue weighted by molar-refractivity contribution is -0.349. The Labute approximate surface area is 144 Å². The minimum Gasteiger partial charge on any atom is -0.599 e. The van der Waals surface area contributed by atoms with Gasteiger partial charge in [0, 0.05) is 19.1 Å². The first-order chi connectivity index (χ1) is 12.0. The first-order valence-corrected chi connectivity index (χ1v) is 8.00. The second-order valence-corrected chi connectivity index (χ2v) is 6.00. The minimum absolute atomic E-state index is 0.209. The molecule has 0 amide bonds. The molecule has 0 spiro atoms. The lowest BCUT2D eigenvalue weighted by Gasteiger charge is -2.31. The molecule has 126 valence electrons. The Kier molecular flexibility index (Phi) is 3.49. The highest BCUT2D eigenvalue weighted by Crippen LogP contribution is 2.38. The van der Waals surface area contributed by atoms with Gasteiger partial charge < -0.3 is 22.5 Å². The van der Waals surface area contributed by atoms with Gasteiger partial charge in [-0.15, -0.1) is 0 Å². The number of methoxy groups -OCH3 is 1. The molecular formula is C19H16BF2NO2. The van der Waals surface area contributed by atoms with E-state index in [4.69, 9.17) is 9.39 Å². The van der Waals surface area contributed by atoms with Crippen LogP contribution in [0.5, 0.6) is 11.5 Å². The van der Waals surface area contributed by atoms with Crippen molar-refractivity contribution in [2.75, 3.05) is 7.11 Å². The van der Waals surface area contributed by atoms with Crippen molar-refractivity contribution in [3.63, 3.8) is 0 Å². The van der Waals surface area contributed by atoms with Crippen LogP contribution in [0.15, 0.2) is 60.7 Å². The van der Waals surface area contributed by atoms with Crippen molar-refractivity contribution >= 4 is 29.2 Å². The van der Waals surface area contributed by atoms with E-state index in [1.165, 1.54) is 7.11 Å². The maximum absolute atomic E-state index is 14.8. The van der Waals surface area contributed by atoms with Crippen LogP contribution in [0.4, 0.5) is 14.3 Å². The molecule has 0 unspecified atom stereocenters. The van der Waals surface area contributed by atoms with E-state index < -0.39 is 7.04 Å². The summed E-state index contributed by atoms with van der Waals surface area (Å²) >= 11 is 0. The van der Waals surface area contributed by atoms with E-state index in [2.05, 4.69) is 0 Å². The number of rotatable bonds is 2. The van der Waals surface area contributed by atoms with Crippen molar-refractivity contribution in [3.05, 3.63) is 66.2 Å². The van der Waals surface area contributed by atoms with E-state index in [-0.39, 0.29) is 5.75 Å². The van der Waals surface area contributed by atoms with Crippen molar-refractivity contribution < 1.29 is 22.5 Å². The maximum atomic E-state index is 14.8. The fourth-order valence-corrected chi connectivity index (χ4v) is 3.40. The summed E-state index contributed by atoms with van der Waals surface area (Å²) in [7, 11) is -2.73. The largest absolute Gasteiger partial charge is 0.834 e. The Morgan fingerprint density at radius 1 is 1.00 bits per heavy atom. The highest BCUT2D eigenvalue weighted by Gasteiger charge is 2.52. The summed E-state index contributed by atoms with van der Waals surface area (Å²) in [5, 5.41) is 1.87. The SMILES string of the molecule is COc1cccc([N+]2=C(C)c3c(ccc4ccccc34)O[B-]2(F)F)c1. The van der Waals surface area contributed by atoms with Gasteiger partial charge in [0.2, 0.25) is 0 Å². The molecule has 0 radical (unpaired) electrons. The number of halogens is 2. The van der Waals surface area contributed by atoms with Crippen molar-refractivity contribution in [2.24, 2.45) is 0 Å². The van der Waals surface area contributed by atoms with Crippen LogP contribution in [0.1, 0.15) is 12.5 Å². The molecule has 4 rings (SSSR count). The van der Waals surface area contributed by atoms with Gasteiger partial charge in [-0.25, -0.2) is 0 Å². The number of ether oxygens (including phenoxy) is 1. The third-order valence-electron chi connectivity index (χ3n) is 4.51. The van der Waals surface area contributed by atoms with Crippen LogP contribution < -0.4 is 9.39 Å². The summed E-state index contributed by atoms with van der Waals surface area (Å²) in [5.41, 5.74) is 1.48. The summed E-state index contributed by atoms with van der Waals surface area (Å²) in [6.45, 7) is 1.70. The van der Waals surface area contributed by atoms with E-state index >= 15 is 0 Å². The third kappa shape index (κ3) is 2.45. The van der Waals surface area contributed by atoms with E-state index in [1.807, 2.05) is 24.3 Å². The summed E-state index contributed by atoms with van der Waals surface area (Å²) in [4.78, 5) is 0. The molecule has 0 saturated heterocycles. The zero-order valence-electron chi connectivity index (χ0n) is 13.9. The van der Waals surface area contributed by atoms with Crippen LogP contribution in [-0.4, -0.2) is 24.3 Å². The second-order valence-electron chi connectivity index (χ2n) is 6.00. The predicted octanol–water partition coefficient (Wildman–Crippen LogP) is 4.77. The molecule has 0 atom stereocenters. The Morgan fingerprint density at radius 3 is 2.60 bits per heavy atom. The van der Waals surface area contributed by atoms with E-state index in [1.54, 1.807) is 43.3 Å². The van der Waals surface area contributed by atoms with Crippen LogP contribution >= 0.6 is 0 Å². The maximum Gasteiger partial charge on any atom is 0.834 e. The molecule has 3 aromatic rings. The molecule has 0 bridgehead atoms. The van der Waals surface area contributed by atoms with Gasteiger partial charge in [0.05, 0.1) is 18.4 Å². The van der Waals surface area contributed by atoms with Gasteiger partial charge in [0.1, 0.15) is 11.5 Å². The van der Waals surface area contributed by atoms with Crippen molar-refractivity contribution in [3.8, 4) is 11.5 Å². The predicted molar refractivity (Wildman–Crippen MR) is 95.2 cm³/mol. The molecule has 1 aliphatic heterocycles. The number of hydrogen-bond donors (Lipinski definition) is 0. The van der Waals surface area contributed by atoms with E-state index in [0.717, 1.165) is 15.3 Å². The summed E-state index contributed by atoms with van der Waals surface area (Å²) < 4.78 is 40.9. The van der Waals surface area contributed by atoms with Gasteiger partial charge in [-0.3, -0.25) is 0 Å². The second kappa shape index (κ2) is 5.58. The topological polar surface area (TPSA) is 21.5 Å². The van der Waals surface area contributed by atoms with Crippen molar-refractivity contribution in [1.82, 2.24) is 0 Å². The molecule has 6 heteroatoms. The highest BCUT2D eigenvalue weighted by molar-refractivity contribution is 6.53. The molecule has 1 aliphatic rings. The molecule has 0 N–H and O–H groups in total. The normalized spacial score (nSPS) is 15.7. The molecule has 0 aromatic heterocycles. The lowest BCUT2D eigenvalue weighted by Crippen LogP contribution is -2.49. The number of fused-ring (bicyclic) bond motifs is 3. The number of hydrogen-bond acceptors (Lipinski definition) is 2. The number of nitrogens with zero attached hydrogens (tertiary/aromatic N) is 1. The molecular weight excluding hydrogens is 323 g/mol. The molecule has 0 aliphatic carbocycles. The van der Waals surface area contributed by atoms with Gasteiger partial charge in [0.25, 0.3) is 0 Å². The van der Waals surface area contributed by atoms with Gasteiger partial charge in [0.15, 0.2) is 5.69 Å². The molecule has 0 saturated carbocycles. The van der Waals surface area contributed by atoms with Crippen molar-refractivity contribution in [1.29, 1.82) is 0 Å². The first-order valence-electron chi connectivity index (χ1n) is 8.00.